The number of rotatable bonds is 23. The van der Waals surface area contributed by atoms with Crippen molar-refractivity contribution in [3.8, 4) is 0 Å². The van der Waals surface area contributed by atoms with Crippen molar-refractivity contribution in [2.45, 2.75) is 140 Å². The lowest BCUT2D eigenvalue weighted by molar-refractivity contribution is -0.116. The van der Waals surface area contributed by atoms with Gasteiger partial charge in [-0.1, -0.05) is 122 Å². The van der Waals surface area contributed by atoms with Crippen molar-refractivity contribution in [1.29, 1.82) is 0 Å². The van der Waals surface area contributed by atoms with Gasteiger partial charge in [0.2, 0.25) is 15.9 Å². The standard InChI is InChI=1S/C32H56N2O4S/c1-2-3-4-5-6-7-8-9-10-11-12-13-14-15-16-17-18-19-20-21-32(35)33-30-22-24-31(25-23-30)39(36,37)34-26-28-38-29-27-34/h22-25H,2-21,26-29H2,1H3,(H,33,35). The van der Waals surface area contributed by atoms with Crippen molar-refractivity contribution >= 4 is 21.6 Å². The fraction of sp³-hybridized carbons (Fsp3) is 0.781. The zero-order valence-corrected chi connectivity index (χ0v) is 25.6. The highest BCUT2D eigenvalue weighted by Crippen LogP contribution is 2.20. The van der Waals surface area contributed by atoms with Gasteiger partial charge in [0.25, 0.3) is 0 Å². The summed E-state index contributed by atoms with van der Waals surface area (Å²) >= 11 is 0. The highest BCUT2D eigenvalue weighted by atomic mass is 32.2. The third-order valence-electron chi connectivity index (χ3n) is 7.75. The van der Waals surface area contributed by atoms with Crippen molar-refractivity contribution in [1.82, 2.24) is 4.31 Å². The molecule has 1 aromatic carbocycles. The number of benzene rings is 1. The predicted molar refractivity (Wildman–Crippen MR) is 163 cm³/mol. The van der Waals surface area contributed by atoms with E-state index in [4.69, 9.17) is 4.74 Å². The molecule has 6 nitrogen and oxygen atoms in total. The van der Waals surface area contributed by atoms with Crippen LogP contribution in [-0.4, -0.2) is 44.9 Å². The van der Waals surface area contributed by atoms with Crippen molar-refractivity contribution in [2.24, 2.45) is 0 Å². The molecule has 1 heterocycles. The van der Waals surface area contributed by atoms with Gasteiger partial charge in [-0.05, 0) is 30.7 Å². The molecule has 0 bridgehead atoms. The maximum absolute atomic E-state index is 12.7. The summed E-state index contributed by atoms with van der Waals surface area (Å²) < 4.78 is 32.1. The Labute approximate surface area is 239 Å². The van der Waals surface area contributed by atoms with Gasteiger partial charge in [0.05, 0.1) is 18.1 Å². The van der Waals surface area contributed by atoms with E-state index in [0.717, 1.165) is 12.8 Å². The van der Waals surface area contributed by atoms with E-state index < -0.39 is 10.0 Å². The van der Waals surface area contributed by atoms with Crippen molar-refractivity contribution < 1.29 is 17.9 Å². The first-order valence-corrected chi connectivity index (χ1v) is 17.5. The lowest BCUT2D eigenvalue weighted by Crippen LogP contribution is -2.40. The van der Waals surface area contributed by atoms with Crippen LogP contribution >= 0.6 is 0 Å². The number of unbranched alkanes of at least 4 members (excludes halogenated alkanes) is 18. The van der Waals surface area contributed by atoms with Crippen LogP contribution in [0.15, 0.2) is 29.2 Å². The second-order valence-electron chi connectivity index (χ2n) is 11.2. The summed E-state index contributed by atoms with van der Waals surface area (Å²) in [5.41, 5.74) is 0.638. The summed E-state index contributed by atoms with van der Waals surface area (Å²) in [5.74, 6) is -0.00856. The Bertz CT molecular complexity index is 851. The number of morpholine rings is 1. The molecule has 1 aromatic rings. The molecule has 39 heavy (non-hydrogen) atoms. The first-order valence-electron chi connectivity index (χ1n) is 16.0. The van der Waals surface area contributed by atoms with Crippen molar-refractivity contribution in [2.75, 3.05) is 31.6 Å². The smallest absolute Gasteiger partial charge is 0.243 e. The number of nitrogens with one attached hydrogen (secondary N) is 1. The number of carbonyl (C=O) groups is 1. The van der Waals surface area contributed by atoms with Gasteiger partial charge in [-0.2, -0.15) is 4.31 Å². The van der Waals surface area contributed by atoms with Gasteiger partial charge >= 0.3 is 0 Å². The molecule has 2 rings (SSSR count). The van der Waals surface area contributed by atoms with E-state index in [1.54, 1.807) is 24.3 Å². The summed E-state index contributed by atoms with van der Waals surface area (Å²) in [4.78, 5) is 12.5. The molecule has 1 N–H and O–H groups in total. The molecule has 0 aromatic heterocycles. The first kappa shape index (κ1) is 33.8. The Hall–Kier alpha value is -1.44. The van der Waals surface area contributed by atoms with Crippen LogP contribution in [0.2, 0.25) is 0 Å². The topological polar surface area (TPSA) is 75.7 Å². The van der Waals surface area contributed by atoms with Crippen LogP contribution < -0.4 is 5.32 Å². The summed E-state index contributed by atoms with van der Waals surface area (Å²) in [6.45, 7) is 3.88. The van der Waals surface area contributed by atoms with Crippen LogP contribution in [0.5, 0.6) is 0 Å². The third kappa shape index (κ3) is 15.2. The minimum Gasteiger partial charge on any atom is -0.379 e. The van der Waals surface area contributed by atoms with E-state index in [9.17, 15) is 13.2 Å². The second kappa shape index (κ2) is 21.3. The summed E-state index contributed by atoms with van der Waals surface area (Å²) in [6.07, 6.45) is 25.9. The third-order valence-corrected chi connectivity index (χ3v) is 9.67. The zero-order chi connectivity index (χ0) is 28.0. The zero-order valence-electron chi connectivity index (χ0n) is 24.8. The molecule has 1 saturated heterocycles. The normalized spacial score (nSPS) is 14.5. The summed E-state index contributed by atoms with van der Waals surface area (Å²) in [7, 11) is -3.51. The van der Waals surface area contributed by atoms with Gasteiger partial charge in [0.15, 0.2) is 0 Å². The number of sulfonamides is 1. The molecule has 0 unspecified atom stereocenters. The highest BCUT2D eigenvalue weighted by Gasteiger charge is 2.26. The largest absolute Gasteiger partial charge is 0.379 e. The maximum atomic E-state index is 12.7. The van der Waals surface area contributed by atoms with Gasteiger partial charge in [-0.15, -0.1) is 0 Å². The fourth-order valence-corrected chi connectivity index (χ4v) is 6.64. The molecular weight excluding hydrogens is 508 g/mol. The monoisotopic (exact) mass is 564 g/mol. The quantitative estimate of drug-likeness (QED) is 0.135. The van der Waals surface area contributed by atoms with E-state index in [1.807, 2.05) is 0 Å². The Morgan fingerprint density at radius 1 is 0.692 bits per heavy atom. The van der Waals surface area contributed by atoms with Gasteiger partial charge in [-0.3, -0.25) is 4.79 Å². The Morgan fingerprint density at radius 2 is 1.10 bits per heavy atom. The number of amides is 1. The average Bonchev–Trinajstić information content (AvgIpc) is 2.95. The molecule has 7 heteroatoms. The Morgan fingerprint density at radius 3 is 1.54 bits per heavy atom. The van der Waals surface area contributed by atoms with E-state index in [-0.39, 0.29) is 10.8 Å². The molecule has 1 aliphatic rings. The van der Waals surface area contributed by atoms with Crippen LogP contribution in [0, 0.1) is 0 Å². The molecule has 0 atom stereocenters. The maximum Gasteiger partial charge on any atom is 0.243 e. The second-order valence-corrected chi connectivity index (χ2v) is 13.1. The molecule has 0 aliphatic carbocycles. The van der Waals surface area contributed by atoms with Crippen LogP contribution in [0.3, 0.4) is 0 Å². The van der Waals surface area contributed by atoms with E-state index >= 15 is 0 Å². The number of nitrogens with zero attached hydrogens (tertiary/aromatic N) is 1. The van der Waals surface area contributed by atoms with Crippen LogP contribution in [0.1, 0.15) is 135 Å². The van der Waals surface area contributed by atoms with Crippen molar-refractivity contribution in [3.63, 3.8) is 0 Å². The Balaban J connectivity index is 1.39. The molecule has 1 amide bonds. The van der Waals surface area contributed by atoms with Crippen LogP contribution in [0.4, 0.5) is 5.69 Å². The minimum absolute atomic E-state index is 0.00856. The van der Waals surface area contributed by atoms with Crippen LogP contribution in [-0.2, 0) is 19.6 Å². The van der Waals surface area contributed by atoms with E-state index in [2.05, 4.69) is 12.2 Å². The predicted octanol–water partition coefficient (Wildman–Crippen LogP) is 8.47. The number of hydrogen-bond donors (Lipinski definition) is 1. The molecule has 0 spiro atoms. The lowest BCUT2D eigenvalue weighted by atomic mass is 10.0. The van der Waals surface area contributed by atoms with Crippen LogP contribution in [0.25, 0.3) is 0 Å². The fourth-order valence-electron chi connectivity index (χ4n) is 5.23. The number of anilines is 1. The molecular formula is C32H56N2O4S. The lowest BCUT2D eigenvalue weighted by Gasteiger charge is -2.26. The van der Waals surface area contributed by atoms with Gasteiger partial charge in [0, 0.05) is 25.2 Å². The molecule has 0 saturated carbocycles. The van der Waals surface area contributed by atoms with Gasteiger partial charge in [0.1, 0.15) is 0 Å². The number of hydrogen-bond acceptors (Lipinski definition) is 4. The highest BCUT2D eigenvalue weighted by molar-refractivity contribution is 7.89. The molecule has 1 fully saturated rings. The SMILES string of the molecule is CCCCCCCCCCCCCCCCCCCCCC(=O)Nc1ccc(S(=O)(=O)N2CCOCC2)cc1. The van der Waals surface area contributed by atoms with Crippen molar-refractivity contribution in [3.05, 3.63) is 24.3 Å². The van der Waals surface area contributed by atoms with E-state index in [1.165, 1.54) is 113 Å². The minimum atomic E-state index is -3.51. The average molecular weight is 565 g/mol. The molecule has 1 aliphatic heterocycles. The van der Waals surface area contributed by atoms with Gasteiger partial charge < -0.3 is 10.1 Å². The number of carbonyl (C=O) groups excluding carboxylic acids is 1. The summed E-state index contributed by atoms with van der Waals surface area (Å²) in [6, 6.07) is 6.47. The molecule has 0 radical (unpaired) electrons. The van der Waals surface area contributed by atoms with E-state index in [0.29, 0.717) is 38.4 Å². The summed E-state index contributed by atoms with van der Waals surface area (Å²) in [5, 5.41) is 2.89. The molecule has 224 valence electrons. The Kier molecular flexibility index (Phi) is 18.5. The first-order chi connectivity index (χ1) is 19.0. The van der Waals surface area contributed by atoms with Gasteiger partial charge in [-0.25, -0.2) is 8.42 Å². The number of ether oxygens (including phenoxy) is 1.